The molecule has 0 fully saturated rings. The van der Waals surface area contributed by atoms with E-state index in [1.807, 2.05) is 6.92 Å². The fourth-order valence-corrected chi connectivity index (χ4v) is 0.820. The molecule has 3 nitrogen and oxygen atoms in total. The van der Waals surface area contributed by atoms with Gasteiger partial charge in [-0.15, -0.1) is 0 Å². The molecular weight excluding hydrogens is 142 g/mol. The molecule has 0 rings (SSSR count). The zero-order valence-electron chi connectivity index (χ0n) is 6.84. The van der Waals surface area contributed by atoms with Gasteiger partial charge in [-0.1, -0.05) is 19.9 Å². The third kappa shape index (κ3) is 4.56. The smallest absolute Gasteiger partial charge is 0.244 e. The summed E-state index contributed by atoms with van der Waals surface area (Å²) in [5, 5.41) is 9.20. The van der Waals surface area contributed by atoms with Gasteiger partial charge in [-0.2, -0.15) is 0 Å². The van der Waals surface area contributed by atoms with Crippen molar-refractivity contribution in [3.05, 3.63) is 12.2 Å². The summed E-state index contributed by atoms with van der Waals surface area (Å²) in [5.74, 6) is -0.528. The third-order valence-electron chi connectivity index (χ3n) is 1.45. The van der Waals surface area contributed by atoms with Crippen molar-refractivity contribution in [3.63, 3.8) is 0 Å². The molecule has 0 aliphatic rings. The van der Waals surface area contributed by atoms with Gasteiger partial charge in [0.15, 0.2) is 0 Å². The monoisotopic (exact) mass is 157 g/mol. The maximum Gasteiger partial charge on any atom is 0.244 e. The minimum Gasteiger partial charge on any atom is -0.393 e. The molecule has 0 bridgehead atoms. The van der Waals surface area contributed by atoms with Crippen molar-refractivity contribution >= 4 is 5.91 Å². The van der Waals surface area contributed by atoms with Crippen LogP contribution in [0.2, 0.25) is 0 Å². The number of amides is 1. The molecule has 0 aliphatic heterocycles. The Morgan fingerprint density at radius 3 is 2.64 bits per heavy atom. The topological polar surface area (TPSA) is 63.3 Å². The van der Waals surface area contributed by atoms with Gasteiger partial charge in [0, 0.05) is 12.0 Å². The van der Waals surface area contributed by atoms with Gasteiger partial charge in [0.05, 0.1) is 6.10 Å². The first-order valence-electron chi connectivity index (χ1n) is 3.73. The Morgan fingerprint density at radius 2 is 2.27 bits per heavy atom. The van der Waals surface area contributed by atoms with Crippen LogP contribution < -0.4 is 5.73 Å². The van der Waals surface area contributed by atoms with Crippen LogP contribution in [0.5, 0.6) is 0 Å². The summed E-state index contributed by atoms with van der Waals surface area (Å²) < 4.78 is 0. The van der Waals surface area contributed by atoms with E-state index in [1.165, 1.54) is 0 Å². The highest BCUT2D eigenvalue weighted by atomic mass is 16.3. The zero-order chi connectivity index (χ0) is 8.85. The first-order valence-corrected chi connectivity index (χ1v) is 3.73. The van der Waals surface area contributed by atoms with E-state index in [0.29, 0.717) is 18.4 Å². The SMILES string of the molecule is C=C(CC(O)CCC)C(N)=O. The second-order valence-electron chi connectivity index (χ2n) is 2.61. The molecule has 64 valence electrons. The Labute approximate surface area is 66.9 Å². The first-order chi connectivity index (χ1) is 5.07. The van der Waals surface area contributed by atoms with Crippen molar-refractivity contribution in [2.24, 2.45) is 5.73 Å². The van der Waals surface area contributed by atoms with Crippen LogP contribution in [-0.4, -0.2) is 17.1 Å². The lowest BCUT2D eigenvalue weighted by Gasteiger charge is -2.08. The minimum absolute atomic E-state index is 0.295. The standard InChI is InChI=1S/C8H15NO2/c1-3-4-7(10)5-6(2)8(9)11/h7,10H,2-5H2,1H3,(H2,9,11). The maximum atomic E-state index is 10.5. The molecule has 0 aliphatic carbocycles. The molecule has 0 saturated carbocycles. The molecule has 0 aromatic carbocycles. The summed E-state index contributed by atoms with van der Waals surface area (Å²) in [4.78, 5) is 10.5. The molecular formula is C8H15NO2. The lowest BCUT2D eigenvalue weighted by Crippen LogP contribution is -2.17. The predicted octanol–water partition coefficient (Wildman–Crippen LogP) is 0.579. The molecule has 0 aromatic heterocycles. The summed E-state index contributed by atoms with van der Waals surface area (Å²) >= 11 is 0. The van der Waals surface area contributed by atoms with Gasteiger partial charge >= 0.3 is 0 Å². The molecule has 3 N–H and O–H groups in total. The van der Waals surface area contributed by atoms with E-state index in [2.05, 4.69) is 6.58 Å². The lowest BCUT2D eigenvalue weighted by atomic mass is 10.1. The molecule has 1 atom stereocenters. The average molecular weight is 157 g/mol. The predicted molar refractivity (Wildman–Crippen MR) is 43.9 cm³/mol. The number of carbonyl (C=O) groups is 1. The Hall–Kier alpha value is -0.830. The number of primary amides is 1. The Morgan fingerprint density at radius 1 is 1.73 bits per heavy atom. The van der Waals surface area contributed by atoms with Crippen LogP contribution in [0.25, 0.3) is 0 Å². The first kappa shape index (κ1) is 10.2. The van der Waals surface area contributed by atoms with Gasteiger partial charge in [-0.25, -0.2) is 0 Å². The number of hydrogen-bond donors (Lipinski definition) is 2. The number of rotatable bonds is 5. The van der Waals surface area contributed by atoms with E-state index in [0.717, 1.165) is 6.42 Å². The molecule has 0 heterocycles. The highest BCUT2D eigenvalue weighted by Crippen LogP contribution is 2.07. The maximum absolute atomic E-state index is 10.5. The summed E-state index contributed by atoms with van der Waals surface area (Å²) in [5.41, 5.74) is 5.23. The molecule has 11 heavy (non-hydrogen) atoms. The number of aliphatic hydroxyl groups excluding tert-OH is 1. The van der Waals surface area contributed by atoms with E-state index in [1.54, 1.807) is 0 Å². The van der Waals surface area contributed by atoms with Gasteiger partial charge in [0.2, 0.25) is 5.91 Å². The van der Waals surface area contributed by atoms with Gasteiger partial charge < -0.3 is 10.8 Å². The van der Waals surface area contributed by atoms with E-state index in [-0.39, 0.29) is 0 Å². The number of aliphatic hydroxyl groups is 1. The summed E-state index contributed by atoms with van der Waals surface area (Å²) in [6.07, 6.45) is 1.41. The van der Waals surface area contributed by atoms with Crippen LogP contribution in [0.4, 0.5) is 0 Å². The Balaban J connectivity index is 3.66. The molecule has 1 unspecified atom stereocenters. The van der Waals surface area contributed by atoms with Crippen LogP contribution in [0, 0.1) is 0 Å². The third-order valence-corrected chi connectivity index (χ3v) is 1.45. The molecule has 0 spiro atoms. The summed E-state index contributed by atoms with van der Waals surface area (Å²) in [6, 6.07) is 0. The highest BCUT2D eigenvalue weighted by Gasteiger charge is 2.08. The molecule has 0 radical (unpaired) electrons. The molecule has 0 aromatic rings. The fourth-order valence-electron chi connectivity index (χ4n) is 0.820. The van der Waals surface area contributed by atoms with Crippen LogP contribution in [0.3, 0.4) is 0 Å². The average Bonchev–Trinajstić information content (AvgIpc) is 1.87. The van der Waals surface area contributed by atoms with Crippen molar-refractivity contribution in [1.29, 1.82) is 0 Å². The Kier molecular flexibility index (Phi) is 4.54. The lowest BCUT2D eigenvalue weighted by molar-refractivity contribution is -0.114. The molecule has 0 saturated heterocycles. The second-order valence-corrected chi connectivity index (χ2v) is 2.61. The van der Waals surface area contributed by atoms with Crippen molar-refractivity contribution < 1.29 is 9.90 Å². The molecule has 3 heteroatoms. The normalized spacial score (nSPS) is 12.5. The van der Waals surface area contributed by atoms with E-state index < -0.39 is 12.0 Å². The fraction of sp³-hybridized carbons (Fsp3) is 0.625. The van der Waals surface area contributed by atoms with E-state index in [9.17, 15) is 9.90 Å². The molecule has 1 amide bonds. The van der Waals surface area contributed by atoms with Crippen molar-refractivity contribution in [1.82, 2.24) is 0 Å². The quantitative estimate of drug-likeness (QED) is 0.573. The van der Waals surface area contributed by atoms with Gasteiger partial charge in [-0.3, -0.25) is 4.79 Å². The van der Waals surface area contributed by atoms with Crippen LogP contribution in [0.15, 0.2) is 12.2 Å². The number of carbonyl (C=O) groups excluding carboxylic acids is 1. The van der Waals surface area contributed by atoms with Crippen molar-refractivity contribution in [3.8, 4) is 0 Å². The summed E-state index contributed by atoms with van der Waals surface area (Å²) in [7, 11) is 0. The van der Waals surface area contributed by atoms with Crippen LogP contribution >= 0.6 is 0 Å². The highest BCUT2D eigenvalue weighted by molar-refractivity contribution is 5.91. The van der Waals surface area contributed by atoms with Gasteiger partial charge in [0.1, 0.15) is 0 Å². The van der Waals surface area contributed by atoms with E-state index >= 15 is 0 Å². The summed E-state index contributed by atoms with van der Waals surface area (Å²) in [6.45, 7) is 5.41. The zero-order valence-corrected chi connectivity index (χ0v) is 6.84. The van der Waals surface area contributed by atoms with Gasteiger partial charge in [-0.05, 0) is 6.42 Å². The van der Waals surface area contributed by atoms with Crippen LogP contribution in [0.1, 0.15) is 26.2 Å². The van der Waals surface area contributed by atoms with Gasteiger partial charge in [0.25, 0.3) is 0 Å². The largest absolute Gasteiger partial charge is 0.393 e. The minimum atomic E-state index is -0.528. The number of hydrogen-bond acceptors (Lipinski definition) is 2. The Bertz CT molecular complexity index is 154. The van der Waals surface area contributed by atoms with Crippen molar-refractivity contribution in [2.45, 2.75) is 32.3 Å². The van der Waals surface area contributed by atoms with E-state index in [4.69, 9.17) is 5.73 Å². The van der Waals surface area contributed by atoms with Crippen molar-refractivity contribution in [2.75, 3.05) is 0 Å². The number of nitrogens with two attached hydrogens (primary N) is 1. The second kappa shape index (κ2) is 4.91. The van der Waals surface area contributed by atoms with Crippen LogP contribution in [-0.2, 0) is 4.79 Å².